The van der Waals surface area contributed by atoms with Gasteiger partial charge in [0.05, 0.1) is 0 Å². The second-order valence-corrected chi connectivity index (χ2v) is 3.60. The van der Waals surface area contributed by atoms with Crippen molar-refractivity contribution in [3.05, 3.63) is 54.3 Å². The Bertz CT molecular complexity index is 515. The molecule has 0 aliphatic carbocycles. The molecule has 0 radical (unpaired) electrons. The average molecular weight is 197 g/mol. The molecule has 0 unspecified atom stereocenters. The van der Waals surface area contributed by atoms with Crippen molar-refractivity contribution < 1.29 is 0 Å². The molecule has 1 heterocycles. The summed E-state index contributed by atoms with van der Waals surface area (Å²) in [5, 5.41) is 1.31. The maximum atomic E-state index is 2.16. The van der Waals surface area contributed by atoms with Crippen molar-refractivity contribution in [3.8, 4) is 0 Å². The van der Waals surface area contributed by atoms with Crippen LogP contribution in [0, 0.1) is 0 Å². The van der Waals surface area contributed by atoms with E-state index in [2.05, 4.69) is 54.2 Å². The number of fused-ring (bicyclic) bond motifs is 1. The van der Waals surface area contributed by atoms with Gasteiger partial charge in [0.1, 0.15) is 0 Å². The summed E-state index contributed by atoms with van der Waals surface area (Å²) in [6.45, 7) is 2.02. The summed E-state index contributed by atoms with van der Waals surface area (Å²) in [6, 6.07) is 8.45. The van der Waals surface area contributed by atoms with E-state index in [1.54, 1.807) is 0 Å². The van der Waals surface area contributed by atoms with E-state index in [0.29, 0.717) is 0 Å². The van der Waals surface area contributed by atoms with Crippen LogP contribution in [0.25, 0.3) is 17.0 Å². The molecule has 0 aliphatic rings. The van der Waals surface area contributed by atoms with Gasteiger partial charge in [-0.1, -0.05) is 42.5 Å². The highest BCUT2D eigenvalue weighted by atomic mass is 14.9. The van der Waals surface area contributed by atoms with Gasteiger partial charge in [0, 0.05) is 24.1 Å². The van der Waals surface area contributed by atoms with Crippen molar-refractivity contribution in [2.75, 3.05) is 0 Å². The van der Waals surface area contributed by atoms with Crippen LogP contribution < -0.4 is 0 Å². The Labute approximate surface area is 90.3 Å². The molecule has 1 aromatic heterocycles. The van der Waals surface area contributed by atoms with Crippen LogP contribution in [-0.4, -0.2) is 4.57 Å². The third kappa shape index (κ3) is 1.86. The van der Waals surface area contributed by atoms with E-state index in [-0.39, 0.29) is 0 Å². The summed E-state index contributed by atoms with van der Waals surface area (Å²) in [6.07, 6.45) is 10.4. The number of para-hydroxylation sites is 1. The van der Waals surface area contributed by atoms with E-state index in [9.17, 15) is 0 Å². The number of hydrogen-bond donors (Lipinski definition) is 0. The highest BCUT2D eigenvalue weighted by molar-refractivity contribution is 5.89. The number of aryl methyl sites for hydroxylation is 1. The fourth-order valence-corrected chi connectivity index (χ4v) is 1.78. The Balaban J connectivity index is 2.52. The fourth-order valence-electron chi connectivity index (χ4n) is 1.78. The van der Waals surface area contributed by atoms with E-state index in [1.807, 2.05) is 19.1 Å². The van der Waals surface area contributed by atoms with E-state index in [1.165, 1.54) is 16.5 Å². The predicted octanol–water partition coefficient (Wildman–Crippen LogP) is 3.77. The number of rotatable bonds is 2. The molecule has 0 bridgehead atoms. The van der Waals surface area contributed by atoms with Crippen LogP contribution in [0.4, 0.5) is 0 Å². The molecule has 0 N–H and O–H groups in total. The molecular formula is C14H15N. The number of allylic oxidation sites excluding steroid dienone is 3. The Morgan fingerprint density at radius 3 is 2.73 bits per heavy atom. The lowest BCUT2D eigenvalue weighted by atomic mass is 10.1. The first-order valence-electron chi connectivity index (χ1n) is 5.16. The van der Waals surface area contributed by atoms with E-state index >= 15 is 0 Å². The zero-order chi connectivity index (χ0) is 10.7. The molecule has 0 atom stereocenters. The minimum atomic E-state index is 1.27. The average Bonchev–Trinajstić information content (AvgIpc) is 2.58. The van der Waals surface area contributed by atoms with Crippen LogP contribution in [-0.2, 0) is 7.05 Å². The number of hydrogen-bond acceptors (Lipinski definition) is 0. The fraction of sp³-hybridized carbons (Fsp3) is 0.143. The lowest BCUT2D eigenvalue weighted by Gasteiger charge is -1.92. The van der Waals surface area contributed by atoms with Gasteiger partial charge in [0.25, 0.3) is 0 Å². The zero-order valence-electron chi connectivity index (χ0n) is 9.14. The van der Waals surface area contributed by atoms with Crippen LogP contribution in [0.3, 0.4) is 0 Å². The molecule has 0 saturated heterocycles. The third-order valence-electron chi connectivity index (χ3n) is 2.51. The Morgan fingerprint density at radius 2 is 1.93 bits per heavy atom. The largest absolute Gasteiger partial charge is 0.350 e. The molecule has 0 saturated carbocycles. The first-order valence-corrected chi connectivity index (χ1v) is 5.16. The first kappa shape index (κ1) is 9.78. The summed E-state index contributed by atoms with van der Waals surface area (Å²) in [4.78, 5) is 0. The van der Waals surface area contributed by atoms with Gasteiger partial charge >= 0.3 is 0 Å². The van der Waals surface area contributed by atoms with Crippen LogP contribution in [0.1, 0.15) is 12.5 Å². The van der Waals surface area contributed by atoms with Crippen molar-refractivity contribution in [3.63, 3.8) is 0 Å². The maximum absolute atomic E-state index is 2.16. The lowest BCUT2D eigenvalue weighted by Crippen LogP contribution is -1.81. The van der Waals surface area contributed by atoms with Crippen molar-refractivity contribution in [1.82, 2.24) is 4.57 Å². The van der Waals surface area contributed by atoms with Gasteiger partial charge in [-0.3, -0.25) is 0 Å². The van der Waals surface area contributed by atoms with Crippen LogP contribution >= 0.6 is 0 Å². The topological polar surface area (TPSA) is 4.93 Å². The molecule has 0 spiro atoms. The normalized spacial score (nSPS) is 12.1. The van der Waals surface area contributed by atoms with Crippen LogP contribution in [0.2, 0.25) is 0 Å². The summed E-state index contributed by atoms with van der Waals surface area (Å²) >= 11 is 0. The molecule has 1 heteroatoms. The molecule has 0 amide bonds. The van der Waals surface area contributed by atoms with Gasteiger partial charge in [-0.05, 0) is 18.6 Å². The lowest BCUT2D eigenvalue weighted by molar-refractivity contribution is 0.968. The van der Waals surface area contributed by atoms with Crippen molar-refractivity contribution in [1.29, 1.82) is 0 Å². The molecule has 76 valence electrons. The third-order valence-corrected chi connectivity index (χ3v) is 2.51. The summed E-state index contributed by atoms with van der Waals surface area (Å²) < 4.78 is 2.16. The zero-order valence-corrected chi connectivity index (χ0v) is 9.14. The van der Waals surface area contributed by atoms with Crippen molar-refractivity contribution in [2.45, 2.75) is 6.92 Å². The molecule has 2 rings (SSSR count). The van der Waals surface area contributed by atoms with Gasteiger partial charge in [0.2, 0.25) is 0 Å². The molecule has 2 aromatic rings. The Morgan fingerprint density at radius 1 is 1.13 bits per heavy atom. The number of nitrogens with zero attached hydrogens (tertiary/aromatic N) is 1. The van der Waals surface area contributed by atoms with Crippen molar-refractivity contribution >= 4 is 17.0 Å². The van der Waals surface area contributed by atoms with E-state index in [0.717, 1.165) is 0 Å². The van der Waals surface area contributed by atoms with Crippen LogP contribution in [0.5, 0.6) is 0 Å². The number of aromatic nitrogens is 1. The van der Waals surface area contributed by atoms with Gasteiger partial charge in [-0.2, -0.15) is 0 Å². The summed E-state index contributed by atoms with van der Waals surface area (Å²) in [5.74, 6) is 0. The van der Waals surface area contributed by atoms with Gasteiger partial charge in [0.15, 0.2) is 0 Å². The summed E-state index contributed by atoms with van der Waals surface area (Å²) in [7, 11) is 2.08. The van der Waals surface area contributed by atoms with Gasteiger partial charge in [-0.15, -0.1) is 0 Å². The molecule has 1 aromatic carbocycles. The smallest absolute Gasteiger partial charge is 0.0483 e. The first-order chi connectivity index (χ1) is 7.33. The van der Waals surface area contributed by atoms with Gasteiger partial charge in [-0.25, -0.2) is 0 Å². The minimum absolute atomic E-state index is 1.27. The van der Waals surface area contributed by atoms with E-state index in [4.69, 9.17) is 0 Å². The molecule has 0 fully saturated rings. The van der Waals surface area contributed by atoms with Crippen molar-refractivity contribution in [2.24, 2.45) is 7.05 Å². The maximum Gasteiger partial charge on any atom is 0.0483 e. The highest BCUT2D eigenvalue weighted by Gasteiger charge is 2.01. The molecule has 1 nitrogen and oxygen atoms in total. The predicted molar refractivity (Wildman–Crippen MR) is 66.8 cm³/mol. The monoisotopic (exact) mass is 197 g/mol. The standard InChI is InChI=1S/C14H15N/c1-3-4-5-8-12-11-15(2)14-10-7-6-9-13(12)14/h3-11H,1-2H3/b4-3-,8-5-. The number of benzene rings is 1. The summed E-state index contributed by atoms with van der Waals surface area (Å²) in [5.41, 5.74) is 2.55. The molecular weight excluding hydrogens is 182 g/mol. The second-order valence-electron chi connectivity index (χ2n) is 3.60. The van der Waals surface area contributed by atoms with Crippen LogP contribution in [0.15, 0.2) is 48.7 Å². The van der Waals surface area contributed by atoms with E-state index < -0.39 is 0 Å². The molecule has 15 heavy (non-hydrogen) atoms. The quantitative estimate of drug-likeness (QED) is 0.646. The minimum Gasteiger partial charge on any atom is -0.350 e. The highest BCUT2D eigenvalue weighted by Crippen LogP contribution is 2.21. The Hall–Kier alpha value is -1.76. The molecule has 0 aliphatic heterocycles. The Kier molecular flexibility index (Phi) is 2.72. The second kappa shape index (κ2) is 4.18. The van der Waals surface area contributed by atoms with Gasteiger partial charge < -0.3 is 4.57 Å². The SMILES string of the molecule is C/C=C\C=C/c1cn(C)c2ccccc12.